The van der Waals surface area contributed by atoms with Crippen LogP contribution in [0.1, 0.15) is 29.1 Å². The van der Waals surface area contributed by atoms with E-state index < -0.39 is 6.10 Å². The van der Waals surface area contributed by atoms with Gasteiger partial charge in [-0.25, -0.2) is 9.97 Å². The van der Waals surface area contributed by atoms with Gasteiger partial charge in [0, 0.05) is 44.1 Å². The van der Waals surface area contributed by atoms with Crippen LogP contribution in [0.4, 0.5) is 5.95 Å². The maximum absolute atomic E-state index is 13.4. The predicted octanol–water partition coefficient (Wildman–Crippen LogP) is 2.16. The summed E-state index contributed by atoms with van der Waals surface area (Å²) in [6.07, 6.45) is 2.45. The molecule has 0 bridgehead atoms. The van der Waals surface area contributed by atoms with Crippen LogP contribution in [0.2, 0.25) is 0 Å². The fraction of sp³-hybridized carbons (Fsp3) is 0.333. The minimum atomic E-state index is -0.956. The normalized spacial score (nSPS) is 15.2. The Hall–Kier alpha value is -3.46. The number of benzene rings is 1. The first-order valence-electron chi connectivity index (χ1n) is 9.71. The molecule has 1 N–H and O–H groups in total. The molecule has 1 aliphatic rings. The van der Waals surface area contributed by atoms with E-state index in [0.717, 1.165) is 0 Å². The molecule has 2 aromatic heterocycles. The molecule has 0 spiro atoms. The molecule has 9 heteroatoms. The zero-order chi connectivity index (χ0) is 21.1. The fourth-order valence-corrected chi connectivity index (χ4v) is 3.46. The second kappa shape index (κ2) is 8.50. The van der Waals surface area contributed by atoms with Gasteiger partial charge in [-0.05, 0) is 37.3 Å². The number of aliphatic hydroxyl groups is 1. The lowest BCUT2D eigenvalue weighted by Crippen LogP contribution is -2.49. The van der Waals surface area contributed by atoms with E-state index in [1.165, 1.54) is 0 Å². The van der Waals surface area contributed by atoms with Gasteiger partial charge in [0.1, 0.15) is 23.1 Å². The summed E-state index contributed by atoms with van der Waals surface area (Å²) >= 11 is 0. The summed E-state index contributed by atoms with van der Waals surface area (Å²) < 4.78 is 10.6. The molecular formula is C21H23N5O4. The fourth-order valence-electron chi connectivity index (χ4n) is 3.46. The molecule has 3 aromatic rings. The van der Waals surface area contributed by atoms with E-state index in [-0.39, 0.29) is 11.7 Å². The lowest BCUT2D eigenvalue weighted by atomic mass is 10.0. The highest BCUT2D eigenvalue weighted by atomic mass is 16.5. The van der Waals surface area contributed by atoms with Gasteiger partial charge < -0.3 is 24.2 Å². The zero-order valence-electron chi connectivity index (χ0n) is 16.9. The molecule has 0 saturated carbocycles. The average molecular weight is 409 g/mol. The first-order chi connectivity index (χ1) is 14.6. The number of aliphatic hydroxyl groups excluding tert-OH is 1. The van der Waals surface area contributed by atoms with Crippen molar-refractivity contribution in [3.05, 3.63) is 54.0 Å². The molecule has 1 aromatic carbocycles. The van der Waals surface area contributed by atoms with E-state index in [4.69, 9.17) is 9.26 Å². The van der Waals surface area contributed by atoms with E-state index in [0.29, 0.717) is 54.7 Å². The van der Waals surface area contributed by atoms with E-state index >= 15 is 0 Å². The third-order valence-corrected chi connectivity index (χ3v) is 5.08. The highest BCUT2D eigenvalue weighted by Gasteiger charge is 2.32. The van der Waals surface area contributed by atoms with Gasteiger partial charge in [-0.15, -0.1) is 0 Å². The van der Waals surface area contributed by atoms with Gasteiger partial charge in [0.25, 0.3) is 5.91 Å². The van der Waals surface area contributed by atoms with E-state index in [9.17, 15) is 9.90 Å². The van der Waals surface area contributed by atoms with Crippen molar-refractivity contribution in [1.82, 2.24) is 20.0 Å². The summed E-state index contributed by atoms with van der Waals surface area (Å²) in [7, 11) is 1.59. The summed E-state index contributed by atoms with van der Waals surface area (Å²) in [4.78, 5) is 25.7. The summed E-state index contributed by atoms with van der Waals surface area (Å²) in [6.45, 7) is 3.79. The SMILES string of the molecule is COc1ccc(-c2noc([C@H](C)O)c2C(=O)N2CCN(c3ncccn3)CC2)cc1. The number of ether oxygens (including phenoxy) is 1. The van der Waals surface area contributed by atoms with Crippen LogP contribution < -0.4 is 9.64 Å². The van der Waals surface area contributed by atoms with Crippen LogP contribution in [0.25, 0.3) is 11.3 Å². The van der Waals surface area contributed by atoms with Crippen molar-refractivity contribution in [1.29, 1.82) is 0 Å². The molecule has 1 atom stereocenters. The van der Waals surface area contributed by atoms with Crippen LogP contribution in [-0.2, 0) is 0 Å². The Morgan fingerprint density at radius 3 is 2.40 bits per heavy atom. The molecule has 0 unspecified atom stereocenters. The molecule has 1 aliphatic heterocycles. The monoisotopic (exact) mass is 409 g/mol. The topological polar surface area (TPSA) is 105 Å². The van der Waals surface area contributed by atoms with Crippen molar-refractivity contribution in [2.24, 2.45) is 0 Å². The number of nitrogens with zero attached hydrogens (tertiary/aromatic N) is 5. The van der Waals surface area contributed by atoms with Crippen LogP contribution in [0, 0.1) is 0 Å². The van der Waals surface area contributed by atoms with Crippen LogP contribution in [0.15, 0.2) is 47.2 Å². The van der Waals surface area contributed by atoms with Gasteiger partial charge in [-0.3, -0.25) is 4.79 Å². The van der Waals surface area contributed by atoms with Crippen LogP contribution >= 0.6 is 0 Å². The standard InChI is InChI=1S/C21H23N5O4/c1-14(27)19-17(18(24-30-19)15-4-6-16(29-2)7-5-15)20(28)25-10-12-26(13-11-25)21-22-8-3-9-23-21/h3-9,14,27H,10-13H2,1-2H3/t14-/m0/s1. The highest BCUT2D eigenvalue weighted by molar-refractivity contribution is 6.01. The quantitative estimate of drug-likeness (QED) is 0.684. The summed E-state index contributed by atoms with van der Waals surface area (Å²) in [5.41, 5.74) is 1.41. The van der Waals surface area contributed by atoms with Crippen molar-refractivity contribution in [3.63, 3.8) is 0 Å². The maximum atomic E-state index is 13.4. The average Bonchev–Trinajstić information content (AvgIpc) is 3.25. The van der Waals surface area contributed by atoms with Crippen LogP contribution in [0.3, 0.4) is 0 Å². The maximum Gasteiger partial charge on any atom is 0.259 e. The van der Waals surface area contributed by atoms with Crippen LogP contribution in [-0.4, -0.2) is 64.3 Å². The Morgan fingerprint density at radius 1 is 1.13 bits per heavy atom. The third kappa shape index (κ3) is 3.84. The summed E-state index contributed by atoms with van der Waals surface area (Å²) in [5.74, 6) is 1.30. The molecule has 0 aliphatic carbocycles. The number of aromatic nitrogens is 3. The molecule has 30 heavy (non-hydrogen) atoms. The molecule has 1 saturated heterocycles. The van der Waals surface area contributed by atoms with Crippen molar-refractivity contribution in [2.75, 3.05) is 38.2 Å². The first kappa shape index (κ1) is 19.8. The summed E-state index contributed by atoms with van der Waals surface area (Å²) in [6, 6.07) is 8.97. The van der Waals surface area contributed by atoms with Gasteiger partial charge in [-0.2, -0.15) is 0 Å². The van der Waals surface area contributed by atoms with Gasteiger partial charge in [0.2, 0.25) is 5.95 Å². The molecule has 1 fully saturated rings. The smallest absolute Gasteiger partial charge is 0.259 e. The summed E-state index contributed by atoms with van der Waals surface area (Å²) in [5, 5.41) is 14.2. The van der Waals surface area contributed by atoms with Gasteiger partial charge >= 0.3 is 0 Å². The molecule has 9 nitrogen and oxygen atoms in total. The number of carbonyl (C=O) groups is 1. The Kier molecular flexibility index (Phi) is 5.62. The number of methoxy groups -OCH3 is 1. The van der Waals surface area contributed by atoms with Gasteiger partial charge in [-0.1, -0.05) is 5.16 Å². The number of hydrogen-bond donors (Lipinski definition) is 1. The first-order valence-corrected chi connectivity index (χ1v) is 9.71. The van der Waals surface area contributed by atoms with Crippen molar-refractivity contribution in [3.8, 4) is 17.0 Å². The highest BCUT2D eigenvalue weighted by Crippen LogP contribution is 2.31. The van der Waals surface area contributed by atoms with Crippen molar-refractivity contribution in [2.45, 2.75) is 13.0 Å². The number of anilines is 1. The number of rotatable bonds is 5. The minimum absolute atomic E-state index is 0.166. The number of hydrogen-bond acceptors (Lipinski definition) is 8. The van der Waals surface area contributed by atoms with E-state index in [1.54, 1.807) is 49.5 Å². The molecular weight excluding hydrogens is 386 g/mol. The Labute approximate surface area is 173 Å². The second-order valence-corrected chi connectivity index (χ2v) is 7.00. The Balaban J connectivity index is 1.58. The van der Waals surface area contributed by atoms with Crippen LogP contribution in [0.5, 0.6) is 5.75 Å². The lowest BCUT2D eigenvalue weighted by Gasteiger charge is -2.34. The van der Waals surface area contributed by atoms with E-state index in [2.05, 4.69) is 15.1 Å². The van der Waals surface area contributed by atoms with Gasteiger partial charge in [0.05, 0.1) is 7.11 Å². The number of piperazine rings is 1. The second-order valence-electron chi connectivity index (χ2n) is 7.00. The minimum Gasteiger partial charge on any atom is -0.497 e. The molecule has 4 rings (SSSR count). The largest absolute Gasteiger partial charge is 0.497 e. The molecule has 156 valence electrons. The van der Waals surface area contributed by atoms with Crippen molar-refractivity contribution >= 4 is 11.9 Å². The third-order valence-electron chi connectivity index (χ3n) is 5.08. The predicted molar refractivity (Wildman–Crippen MR) is 109 cm³/mol. The molecule has 1 amide bonds. The number of amides is 1. The zero-order valence-corrected chi connectivity index (χ0v) is 16.9. The Morgan fingerprint density at radius 2 is 1.80 bits per heavy atom. The lowest BCUT2D eigenvalue weighted by molar-refractivity contribution is 0.0735. The molecule has 3 heterocycles. The number of carbonyl (C=O) groups excluding carboxylic acids is 1. The van der Waals surface area contributed by atoms with Gasteiger partial charge in [0.15, 0.2) is 5.76 Å². The van der Waals surface area contributed by atoms with Crippen molar-refractivity contribution < 1.29 is 19.2 Å². The molecule has 0 radical (unpaired) electrons. The Bertz CT molecular complexity index is 996. The van der Waals surface area contributed by atoms with E-state index in [1.807, 2.05) is 17.0 Å².